The minimum absolute atomic E-state index is 0.385. The van der Waals surface area contributed by atoms with E-state index in [0.717, 1.165) is 11.1 Å². The third-order valence-electron chi connectivity index (χ3n) is 2.81. The Morgan fingerprint density at radius 1 is 1.33 bits per heavy atom. The number of rotatable bonds is 5. The average Bonchev–Trinajstić information content (AvgIpc) is 2.39. The van der Waals surface area contributed by atoms with E-state index in [1.807, 2.05) is 50.3 Å². The second-order valence-corrected chi connectivity index (χ2v) is 4.50. The molecule has 0 heterocycles. The molecule has 0 fully saturated rings. The van der Waals surface area contributed by atoms with Crippen molar-refractivity contribution < 1.29 is 14.6 Å². The summed E-state index contributed by atoms with van der Waals surface area (Å²) in [6.45, 7) is 3.92. The SMILES string of the molecule is COC(=O)[C@@H](CC=C(C)C)[C@H](O)c1ccccc1. The first-order valence-corrected chi connectivity index (χ1v) is 6.00. The van der Waals surface area contributed by atoms with Crippen LogP contribution in [0.15, 0.2) is 42.0 Å². The predicted octanol–water partition coefficient (Wildman–Crippen LogP) is 2.87. The number of carbonyl (C=O) groups is 1. The monoisotopic (exact) mass is 248 g/mol. The molecule has 1 N–H and O–H groups in total. The highest BCUT2D eigenvalue weighted by Gasteiger charge is 2.27. The van der Waals surface area contributed by atoms with Gasteiger partial charge in [-0.3, -0.25) is 4.79 Å². The smallest absolute Gasteiger partial charge is 0.311 e. The molecular weight excluding hydrogens is 228 g/mol. The predicted molar refractivity (Wildman–Crippen MR) is 71.0 cm³/mol. The molecule has 0 aromatic heterocycles. The lowest BCUT2D eigenvalue weighted by molar-refractivity contribution is -0.149. The summed E-state index contributed by atoms with van der Waals surface area (Å²) in [6, 6.07) is 9.17. The number of carbonyl (C=O) groups excluding carboxylic acids is 1. The first kappa shape index (κ1) is 14.5. The van der Waals surface area contributed by atoms with Gasteiger partial charge in [0.25, 0.3) is 0 Å². The summed E-state index contributed by atoms with van der Waals surface area (Å²) < 4.78 is 4.76. The van der Waals surface area contributed by atoms with Crippen LogP contribution < -0.4 is 0 Å². The summed E-state index contributed by atoms with van der Waals surface area (Å²) in [6.07, 6.45) is 1.58. The zero-order chi connectivity index (χ0) is 13.5. The van der Waals surface area contributed by atoms with E-state index in [4.69, 9.17) is 4.74 Å². The van der Waals surface area contributed by atoms with Gasteiger partial charge in [0.2, 0.25) is 0 Å². The standard InChI is InChI=1S/C15H20O3/c1-11(2)9-10-13(15(17)18-3)14(16)12-7-5-4-6-8-12/h4-9,13-14,16H,10H2,1-3H3/t13-,14+/m0/s1. The topological polar surface area (TPSA) is 46.5 Å². The molecule has 1 aromatic rings. The van der Waals surface area contributed by atoms with Crippen LogP contribution in [0.25, 0.3) is 0 Å². The molecule has 1 rings (SSSR count). The van der Waals surface area contributed by atoms with E-state index in [-0.39, 0.29) is 5.97 Å². The highest BCUT2D eigenvalue weighted by atomic mass is 16.5. The number of benzene rings is 1. The summed E-state index contributed by atoms with van der Waals surface area (Å²) in [7, 11) is 1.34. The van der Waals surface area contributed by atoms with Crippen molar-refractivity contribution in [3.8, 4) is 0 Å². The summed E-state index contributed by atoms with van der Waals surface area (Å²) in [5.74, 6) is -0.948. The van der Waals surface area contributed by atoms with Crippen molar-refractivity contribution in [2.75, 3.05) is 7.11 Å². The molecule has 0 aliphatic heterocycles. The van der Waals surface area contributed by atoms with E-state index in [1.54, 1.807) is 0 Å². The molecule has 1 aromatic carbocycles. The number of aliphatic hydroxyl groups is 1. The van der Waals surface area contributed by atoms with Gasteiger partial charge in [0.1, 0.15) is 0 Å². The van der Waals surface area contributed by atoms with Crippen molar-refractivity contribution in [2.24, 2.45) is 5.92 Å². The van der Waals surface area contributed by atoms with Gasteiger partial charge in [0, 0.05) is 0 Å². The largest absolute Gasteiger partial charge is 0.469 e. The Hall–Kier alpha value is -1.61. The maximum absolute atomic E-state index is 11.7. The number of ether oxygens (including phenoxy) is 1. The molecule has 98 valence electrons. The van der Waals surface area contributed by atoms with Crippen LogP contribution in [-0.4, -0.2) is 18.2 Å². The number of aliphatic hydroxyl groups excluding tert-OH is 1. The molecule has 0 saturated heterocycles. The van der Waals surface area contributed by atoms with Crippen molar-refractivity contribution in [1.29, 1.82) is 0 Å². The number of hydrogen-bond acceptors (Lipinski definition) is 3. The summed E-state index contributed by atoms with van der Waals surface area (Å²) in [5.41, 5.74) is 1.85. The fourth-order valence-corrected chi connectivity index (χ4v) is 1.75. The van der Waals surface area contributed by atoms with Gasteiger partial charge in [-0.15, -0.1) is 0 Å². The maximum atomic E-state index is 11.7. The first-order valence-electron chi connectivity index (χ1n) is 6.00. The molecular formula is C15H20O3. The van der Waals surface area contributed by atoms with Crippen LogP contribution in [0.5, 0.6) is 0 Å². The Morgan fingerprint density at radius 3 is 2.44 bits per heavy atom. The van der Waals surface area contributed by atoms with Crippen molar-refractivity contribution in [2.45, 2.75) is 26.4 Å². The molecule has 3 heteroatoms. The quantitative estimate of drug-likeness (QED) is 0.644. The van der Waals surface area contributed by atoms with E-state index in [2.05, 4.69) is 0 Å². The molecule has 0 aliphatic rings. The van der Waals surface area contributed by atoms with Crippen LogP contribution >= 0.6 is 0 Å². The molecule has 0 amide bonds. The zero-order valence-electron chi connectivity index (χ0n) is 11.1. The van der Waals surface area contributed by atoms with Crippen LogP contribution in [0.3, 0.4) is 0 Å². The average molecular weight is 248 g/mol. The minimum Gasteiger partial charge on any atom is -0.469 e. The molecule has 0 spiro atoms. The van der Waals surface area contributed by atoms with Gasteiger partial charge in [-0.05, 0) is 25.8 Å². The fraction of sp³-hybridized carbons (Fsp3) is 0.400. The van der Waals surface area contributed by atoms with Crippen molar-refractivity contribution >= 4 is 5.97 Å². The lowest BCUT2D eigenvalue weighted by atomic mass is 9.92. The molecule has 0 bridgehead atoms. The van der Waals surface area contributed by atoms with E-state index in [0.29, 0.717) is 6.42 Å². The van der Waals surface area contributed by atoms with E-state index >= 15 is 0 Å². The number of hydrogen-bond donors (Lipinski definition) is 1. The Labute approximate surface area is 108 Å². The highest BCUT2D eigenvalue weighted by molar-refractivity contribution is 5.73. The lowest BCUT2D eigenvalue weighted by Gasteiger charge is -2.20. The Balaban J connectivity index is 2.89. The van der Waals surface area contributed by atoms with Gasteiger partial charge >= 0.3 is 5.97 Å². The molecule has 3 nitrogen and oxygen atoms in total. The molecule has 2 atom stereocenters. The van der Waals surface area contributed by atoms with E-state index in [9.17, 15) is 9.90 Å². The van der Waals surface area contributed by atoms with E-state index in [1.165, 1.54) is 7.11 Å². The van der Waals surface area contributed by atoms with Crippen LogP contribution in [0, 0.1) is 5.92 Å². The Bertz CT molecular complexity index is 405. The minimum atomic E-state index is -0.839. The van der Waals surface area contributed by atoms with E-state index < -0.39 is 12.0 Å². The van der Waals surface area contributed by atoms with Crippen LogP contribution in [0.1, 0.15) is 31.9 Å². The molecule has 0 radical (unpaired) electrons. The summed E-state index contributed by atoms with van der Waals surface area (Å²) in [5, 5.41) is 10.3. The normalized spacial score (nSPS) is 13.6. The molecule has 0 aliphatic carbocycles. The third kappa shape index (κ3) is 4.00. The fourth-order valence-electron chi connectivity index (χ4n) is 1.75. The second-order valence-electron chi connectivity index (χ2n) is 4.50. The van der Waals surface area contributed by atoms with Crippen LogP contribution in [-0.2, 0) is 9.53 Å². The maximum Gasteiger partial charge on any atom is 0.311 e. The molecule has 0 unspecified atom stereocenters. The third-order valence-corrected chi connectivity index (χ3v) is 2.81. The second kappa shape index (κ2) is 6.97. The number of esters is 1. The van der Waals surface area contributed by atoms with Crippen LogP contribution in [0.4, 0.5) is 0 Å². The van der Waals surface area contributed by atoms with Gasteiger partial charge in [-0.2, -0.15) is 0 Å². The number of allylic oxidation sites excluding steroid dienone is 2. The molecule has 18 heavy (non-hydrogen) atoms. The zero-order valence-corrected chi connectivity index (χ0v) is 11.1. The first-order chi connectivity index (χ1) is 8.56. The lowest BCUT2D eigenvalue weighted by Crippen LogP contribution is -2.23. The highest BCUT2D eigenvalue weighted by Crippen LogP contribution is 2.26. The number of methoxy groups -OCH3 is 1. The van der Waals surface area contributed by atoms with Gasteiger partial charge < -0.3 is 9.84 Å². The molecule has 0 saturated carbocycles. The Morgan fingerprint density at radius 2 is 1.94 bits per heavy atom. The van der Waals surface area contributed by atoms with Crippen molar-refractivity contribution in [1.82, 2.24) is 0 Å². The van der Waals surface area contributed by atoms with Gasteiger partial charge in [-0.1, -0.05) is 42.0 Å². The van der Waals surface area contributed by atoms with Crippen molar-refractivity contribution in [3.63, 3.8) is 0 Å². The van der Waals surface area contributed by atoms with Gasteiger partial charge in [0.05, 0.1) is 19.1 Å². The summed E-state index contributed by atoms with van der Waals surface area (Å²) in [4.78, 5) is 11.7. The van der Waals surface area contributed by atoms with Gasteiger partial charge in [0.15, 0.2) is 0 Å². The van der Waals surface area contributed by atoms with Crippen LogP contribution in [0.2, 0.25) is 0 Å². The summed E-state index contributed by atoms with van der Waals surface area (Å²) >= 11 is 0. The van der Waals surface area contributed by atoms with Gasteiger partial charge in [-0.25, -0.2) is 0 Å². The Kier molecular flexibility index (Phi) is 5.59. The van der Waals surface area contributed by atoms with Crippen molar-refractivity contribution in [3.05, 3.63) is 47.5 Å².